The molecule has 1 unspecified atom stereocenters. The van der Waals surface area contributed by atoms with E-state index in [0.29, 0.717) is 5.56 Å². The number of ether oxygens (including phenoxy) is 1. The molecular weight excluding hydrogens is 230 g/mol. The van der Waals surface area contributed by atoms with Gasteiger partial charge in [-0.25, -0.2) is 0 Å². The normalized spacial score (nSPS) is 19.1. The molecule has 1 heterocycles. The van der Waals surface area contributed by atoms with Crippen LogP contribution in [-0.4, -0.2) is 34.4 Å². The van der Waals surface area contributed by atoms with E-state index >= 15 is 0 Å². The van der Waals surface area contributed by atoms with Gasteiger partial charge >= 0.3 is 0 Å². The van der Waals surface area contributed by atoms with Crippen molar-refractivity contribution < 1.29 is 9.53 Å². The molecule has 1 amide bonds. The average molecular weight is 251 g/mol. The van der Waals surface area contributed by atoms with Gasteiger partial charge < -0.3 is 10.1 Å². The Labute approximate surface area is 108 Å². The Hall–Kier alpha value is -1.36. The van der Waals surface area contributed by atoms with E-state index in [2.05, 4.69) is 10.4 Å². The standard InChI is InChI=1S/C13H21N3O2/c1-4-16-9-11(8-14-16)12(17)15-10(2)13(18-3)6-5-7-13/h8-10H,4-7H2,1-3H3,(H,15,17). The van der Waals surface area contributed by atoms with E-state index in [4.69, 9.17) is 4.74 Å². The van der Waals surface area contributed by atoms with Crippen molar-refractivity contribution in [1.82, 2.24) is 15.1 Å². The summed E-state index contributed by atoms with van der Waals surface area (Å²) in [5.41, 5.74) is 0.436. The molecule has 0 aliphatic heterocycles. The minimum Gasteiger partial charge on any atom is -0.376 e. The number of hydrogen-bond acceptors (Lipinski definition) is 3. The maximum Gasteiger partial charge on any atom is 0.254 e. The second-order valence-electron chi connectivity index (χ2n) is 4.90. The van der Waals surface area contributed by atoms with E-state index < -0.39 is 0 Å². The van der Waals surface area contributed by atoms with Crippen molar-refractivity contribution >= 4 is 5.91 Å². The molecule has 1 aromatic heterocycles. The van der Waals surface area contributed by atoms with E-state index in [1.165, 1.54) is 6.42 Å². The molecule has 0 bridgehead atoms. The fraction of sp³-hybridized carbons (Fsp3) is 0.692. The lowest BCUT2D eigenvalue weighted by Gasteiger charge is -2.45. The molecule has 5 nitrogen and oxygen atoms in total. The van der Waals surface area contributed by atoms with Gasteiger partial charge in [0.2, 0.25) is 0 Å². The second kappa shape index (κ2) is 5.10. The van der Waals surface area contributed by atoms with Gasteiger partial charge in [-0.3, -0.25) is 9.48 Å². The van der Waals surface area contributed by atoms with Crippen LogP contribution in [0, 0.1) is 0 Å². The molecule has 1 aliphatic carbocycles. The van der Waals surface area contributed by atoms with E-state index in [0.717, 1.165) is 19.4 Å². The van der Waals surface area contributed by atoms with Gasteiger partial charge in [0.1, 0.15) is 0 Å². The molecular formula is C13H21N3O2. The quantitative estimate of drug-likeness (QED) is 0.864. The number of rotatable bonds is 5. The Balaban J connectivity index is 1.98. The first-order valence-corrected chi connectivity index (χ1v) is 6.50. The third kappa shape index (κ3) is 2.27. The number of methoxy groups -OCH3 is 1. The van der Waals surface area contributed by atoms with Crippen molar-refractivity contribution in [3.05, 3.63) is 18.0 Å². The molecule has 1 aromatic rings. The Morgan fingerprint density at radius 3 is 2.83 bits per heavy atom. The van der Waals surface area contributed by atoms with Gasteiger partial charge in [0.25, 0.3) is 5.91 Å². The summed E-state index contributed by atoms with van der Waals surface area (Å²) in [6, 6.07) is 0.0220. The molecule has 2 rings (SSSR count). The third-order valence-corrected chi connectivity index (χ3v) is 3.96. The Morgan fingerprint density at radius 1 is 1.67 bits per heavy atom. The van der Waals surface area contributed by atoms with Crippen LogP contribution in [0.25, 0.3) is 0 Å². The molecule has 1 saturated carbocycles. The average Bonchev–Trinajstić information content (AvgIpc) is 2.76. The maximum absolute atomic E-state index is 12.1. The summed E-state index contributed by atoms with van der Waals surface area (Å²) in [5, 5.41) is 7.11. The zero-order valence-electron chi connectivity index (χ0n) is 11.3. The predicted octanol–water partition coefficient (Wildman–Crippen LogP) is 1.59. The molecule has 100 valence electrons. The summed E-state index contributed by atoms with van der Waals surface area (Å²) in [6.45, 7) is 4.77. The third-order valence-electron chi connectivity index (χ3n) is 3.96. The van der Waals surface area contributed by atoms with Crippen molar-refractivity contribution in [2.24, 2.45) is 0 Å². The van der Waals surface area contributed by atoms with Crippen LogP contribution in [0.5, 0.6) is 0 Å². The Morgan fingerprint density at radius 2 is 2.39 bits per heavy atom. The van der Waals surface area contributed by atoms with Crippen LogP contribution in [-0.2, 0) is 11.3 Å². The fourth-order valence-electron chi connectivity index (χ4n) is 2.40. The number of aryl methyl sites for hydroxylation is 1. The zero-order chi connectivity index (χ0) is 13.2. The summed E-state index contributed by atoms with van der Waals surface area (Å²) >= 11 is 0. The van der Waals surface area contributed by atoms with Crippen LogP contribution < -0.4 is 5.32 Å². The van der Waals surface area contributed by atoms with Crippen LogP contribution >= 0.6 is 0 Å². The molecule has 0 saturated heterocycles. The van der Waals surface area contributed by atoms with Gasteiger partial charge in [-0.2, -0.15) is 5.10 Å². The molecule has 0 aromatic carbocycles. The Kier molecular flexibility index (Phi) is 3.71. The highest BCUT2D eigenvalue weighted by Gasteiger charge is 2.42. The number of carbonyl (C=O) groups is 1. The molecule has 1 aliphatic rings. The van der Waals surface area contributed by atoms with E-state index in [9.17, 15) is 4.79 Å². The lowest BCUT2D eigenvalue weighted by atomic mass is 9.75. The minimum absolute atomic E-state index is 0.0220. The van der Waals surface area contributed by atoms with E-state index in [1.807, 2.05) is 13.8 Å². The van der Waals surface area contributed by atoms with Crippen molar-refractivity contribution in [2.45, 2.75) is 51.3 Å². The lowest BCUT2D eigenvalue weighted by Crippen LogP contribution is -2.56. The van der Waals surface area contributed by atoms with Gasteiger partial charge in [-0.1, -0.05) is 0 Å². The maximum atomic E-state index is 12.1. The number of hydrogen-bond donors (Lipinski definition) is 1. The highest BCUT2D eigenvalue weighted by Crippen LogP contribution is 2.37. The van der Waals surface area contributed by atoms with Crippen molar-refractivity contribution in [1.29, 1.82) is 0 Å². The summed E-state index contributed by atoms with van der Waals surface area (Å²) < 4.78 is 7.31. The van der Waals surface area contributed by atoms with Crippen molar-refractivity contribution in [2.75, 3.05) is 7.11 Å². The predicted molar refractivity (Wildman–Crippen MR) is 68.4 cm³/mol. The monoisotopic (exact) mass is 251 g/mol. The summed E-state index contributed by atoms with van der Waals surface area (Å²) in [4.78, 5) is 12.1. The first kappa shape index (κ1) is 13.1. The van der Waals surface area contributed by atoms with Crippen LogP contribution in [0.3, 0.4) is 0 Å². The van der Waals surface area contributed by atoms with Crippen molar-refractivity contribution in [3.8, 4) is 0 Å². The zero-order valence-corrected chi connectivity index (χ0v) is 11.3. The summed E-state index contributed by atoms with van der Waals surface area (Å²) in [7, 11) is 1.72. The Bertz CT molecular complexity index is 418. The first-order chi connectivity index (χ1) is 8.61. The molecule has 1 N–H and O–H groups in total. The van der Waals surface area contributed by atoms with Crippen LogP contribution in [0.1, 0.15) is 43.5 Å². The molecule has 5 heteroatoms. The van der Waals surface area contributed by atoms with Gasteiger partial charge in [0.15, 0.2) is 0 Å². The largest absolute Gasteiger partial charge is 0.376 e. The second-order valence-corrected chi connectivity index (χ2v) is 4.90. The molecule has 18 heavy (non-hydrogen) atoms. The van der Waals surface area contributed by atoms with Crippen LogP contribution in [0.15, 0.2) is 12.4 Å². The summed E-state index contributed by atoms with van der Waals surface area (Å²) in [6.07, 6.45) is 6.56. The first-order valence-electron chi connectivity index (χ1n) is 6.50. The molecule has 0 radical (unpaired) electrons. The van der Waals surface area contributed by atoms with Crippen LogP contribution in [0.4, 0.5) is 0 Å². The van der Waals surface area contributed by atoms with Gasteiger partial charge in [0, 0.05) is 19.9 Å². The van der Waals surface area contributed by atoms with Gasteiger partial charge in [0.05, 0.1) is 23.4 Å². The number of amides is 1. The lowest BCUT2D eigenvalue weighted by molar-refractivity contribution is -0.0919. The van der Waals surface area contributed by atoms with E-state index in [-0.39, 0.29) is 17.6 Å². The fourth-order valence-corrected chi connectivity index (χ4v) is 2.40. The summed E-state index contributed by atoms with van der Waals surface area (Å²) in [5.74, 6) is -0.0782. The van der Waals surface area contributed by atoms with Gasteiger partial charge in [-0.05, 0) is 33.1 Å². The highest BCUT2D eigenvalue weighted by molar-refractivity contribution is 5.93. The van der Waals surface area contributed by atoms with Crippen LogP contribution in [0.2, 0.25) is 0 Å². The van der Waals surface area contributed by atoms with Crippen molar-refractivity contribution in [3.63, 3.8) is 0 Å². The van der Waals surface area contributed by atoms with Gasteiger partial charge in [-0.15, -0.1) is 0 Å². The molecule has 1 fully saturated rings. The number of nitrogens with zero attached hydrogens (tertiary/aromatic N) is 2. The smallest absolute Gasteiger partial charge is 0.254 e. The molecule has 1 atom stereocenters. The number of nitrogens with one attached hydrogen (secondary N) is 1. The highest BCUT2D eigenvalue weighted by atomic mass is 16.5. The topological polar surface area (TPSA) is 56.2 Å². The van der Waals surface area contributed by atoms with E-state index in [1.54, 1.807) is 24.2 Å². The molecule has 0 spiro atoms. The SMILES string of the molecule is CCn1cc(C(=O)NC(C)C2(OC)CCC2)cn1. The number of carbonyl (C=O) groups excluding carboxylic acids is 1. The number of aromatic nitrogens is 2. The minimum atomic E-state index is -0.170.